The third kappa shape index (κ3) is 2.90. The molecule has 0 saturated carbocycles. The van der Waals surface area contributed by atoms with Crippen molar-refractivity contribution in [2.75, 3.05) is 18.0 Å². The SMILES string of the molecule is Cn1ccnc(N2CC(n3nc(-c4ccc(Cl)cc4)ccc3=O)C2)c1=O. The zero-order valence-electron chi connectivity index (χ0n) is 14.0. The van der Waals surface area contributed by atoms with Gasteiger partial charge in [-0.05, 0) is 18.2 Å². The van der Waals surface area contributed by atoms with Gasteiger partial charge in [-0.1, -0.05) is 23.7 Å². The summed E-state index contributed by atoms with van der Waals surface area (Å²) in [5, 5.41) is 5.14. The second-order valence-electron chi connectivity index (χ2n) is 6.23. The molecule has 0 unspecified atom stereocenters. The first-order valence-electron chi connectivity index (χ1n) is 8.15. The first-order chi connectivity index (χ1) is 12.5. The van der Waals surface area contributed by atoms with Gasteiger partial charge in [-0.2, -0.15) is 5.10 Å². The molecule has 0 N–H and O–H groups in total. The maximum absolute atomic E-state index is 12.2. The van der Waals surface area contributed by atoms with Gasteiger partial charge < -0.3 is 9.47 Å². The number of aryl methyl sites for hydroxylation is 1. The highest BCUT2D eigenvalue weighted by atomic mass is 35.5. The van der Waals surface area contributed by atoms with Crippen molar-refractivity contribution in [3.63, 3.8) is 0 Å². The minimum atomic E-state index is -0.165. The van der Waals surface area contributed by atoms with Gasteiger partial charge in [0.15, 0.2) is 5.82 Å². The number of nitrogens with zero attached hydrogens (tertiary/aromatic N) is 5. The molecule has 0 bridgehead atoms. The van der Waals surface area contributed by atoms with Crippen LogP contribution in [0.4, 0.5) is 5.82 Å². The molecule has 1 aliphatic rings. The van der Waals surface area contributed by atoms with Gasteiger partial charge >= 0.3 is 0 Å². The Morgan fingerprint density at radius 2 is 1.81 bits per heavy atom. The number of anilines is 1. The third-order valence-electron chi connectivity index (χ3n) is 4.47. The molecule has 3 aromatic rings. The van der Waals surface area contributed by atoms with Gasteiger partial charge in [0.05, 0.1) is 11.7 Å². The maximum Gasteiger partial charge on any atom is 0.293 e. The van der Waals surface area contributed by atoms with E-state index in [0.29, 0.717) is 29.6 Å². The van der Waals surface area contributed by atoms with Gasteiger partial charge in [0.2, 0.25) is 0 Å². The van der Waals surface area contributed by atoms with Crippen molar-refractivity contribution in [1.29, 1.82) is 0 Å². The lowest BCUT2D eigenvalue weighted by Gasteiger charge is -2.39. The summed E-state index contributed by atoms with van der Waals surface area (Å²) in [7, 11) is 1.69. The Morgan fingerprint density at radius 3 is 2.54 bits per heavy atom. The Kier molecular flexibility index (Phi) is 4.08. The number of halogens is 1. The van der Waals surface area contributed by atoms with Crippen LogP contribution < -0.4 is 16.0 Å². The quantitative estimate of drug-likeness (QED) is 0.703. The van der Waals surface area contributed by atoms with Crippen LogP contribution in [0.2, 0.25) is 5.02 Å². The summed E-state index contributed by atoms with van der Waals surface area (Å²) in [6.07, 6.45) is 3.21. The molecule has 2 aromatic heterocycles. The molecule has 26 heavy (non-hydrogen) atoms. The molecule has 1 fully saturated rings. The van der Waals surface area contributed by atoms with Gasteiger partial charge in [-0.15, -0.1) is 0 Å². The monoisotopic (exact) mass is 369 g/mol. The Labute approximate surface area is 154 Å². The van der Waals surface area contributed by atoms with Crippen LogP contribution in [0.5, 0.6) is 0 Å². The Bertz CT molecular complexity index is 1070. The highest BCUT2D eigenvalue weighted by Crippen LogP contribution is 2.24. The molecular weight excluding hydrogens is 354 g/mol. The van der Waals surface area contributed by atoms with E-state index in [0.717, 1.165) is 5.56 Å². The molecule has 0 radical (unpaired) electrons. The van der Waals surface area contributed by atoms with Crippen LogP contribution in [-0.2, 0) is 7.05 Å². The van der Waals surface area contributed by atoms with Crippen LogP contribution in [0.25, 0.3) is 11.3 Å². The molecule has 0 atom stereocenters. The standard InChI is InChI=1S/C18H16ClN5O2/c1-22-9-8-20-17(18(22)26)23-10-14(11-23)24-16(25)7-6-15(21-24)12-2-4-13(19)5-3-12/h2-9,14H,10-11H2,1H3. The van der Waals surface area contributed by atoms with Crippen molar-refractivity contribution < 1.29 is 0 Å². The van der Waals surface area contributed by atoms with E-state index >= 15 is 0 Å². The molecule has 1 saturated heterocycles. The highest BCUT2D eigenvalue weighted by molar-refractivity contribution is 6.30. The van der Waals surface area contributed by atoms with Crippen molar-refractivity contribution in [2.45, 2.75) is 6.04 Å². The molecule has 4 rings (SSSR count). The smallest absolute Gasteiger partial charge is 0.293 e. The predicted octanol–water partition coefficient (Wildman–Crippen LogP) is 1.72. The molecule has 0 amide bonds. The van der Waals surface area contributed by atoms with Gasteiger partial charge in [-0.3, -0.25) is 9.59 Å². The molecule has 0 spiro atoms. The number of hydrogen-bond acceptors (Lipinski definition) is 5. The first kappa shape index (κ1) is 16.5. The fourth-order valence-corrected chi connectivity index (χ4v) is 3.07. The zero-order valence-corrected chi connectivity index (χ0v) is 14.8. The van der Waals surface area contributed by atoms with Crippen LogP contribution >= 0.6 is 11.6 Å². The minimum absolute atomic E-state index is 0.0959. The van der Waals surface area contributed by atoms with E-state index in [4.69, 9.17) is 11.6 Å². The van der Waals surface area contributed by atoms with Gasteiger partial charge in [0.1, 0.15) is 0 Å². The van der Waals surface area contributed by atoms with E-state index in [1.54, 1.807) is 37.6 Å². The second kappa shape index (κ2) is 6.42. The molecule has 132 valence electrons. The van der Waals surface area contributed by atoms with Crippen molar-refractivity contribution in [1.82, 2.24) is 19.3 Å². The molecule has 0 aliphatic carbocycles. The topological polar surface area (TPSA) is 73.0 Å². The van der Waals surface area contributed by atoms with E-state index in [1.165, 1.54) is 15.3 Å². The average Bonchev–Trinajstić information content (AvgIpc) is 2.59. The maximum atomic E-state index is 12.2. The summed E-state index contributed by atoms with van der Waals surface area (Å²) in [6.45, 7) is 1.03. The van der Waals surface area contributed by atoms with E-state index in [1.807, 2.05) is 17.0 Å². The highest BCUT2D eigenvalue weighted by Gasteiger charge is 2.32. The number of benzene rings is 1. The number of aromatic nitrogens is 4. The molecule has 7 nitrogen and oxygen atoms in total. The average molecular weight is 370 g/mol. The molecule has 8 heteroatoms. The lowest BCUT2D eigenvalue weighted by Crippen LogP contribution is -2.53. The normalized spacial score (nSPS) is 14.3. The minimum Gasteiger partial charge on any atom is -0.348 e. The number of rotatable bonds is 3. The fourth-order valence-electron chi connectivity index (χ4n) is 2.95. The summed E-state index contributed by atoms with van der Waals surface area (Å²) in [5.74, 6) is 0.396. The predicted molar refractivity (Wildman–Crippen MR) is 99.7 cm³/mol. The van der Waals surface area contributed by atoms with Gasteiger partial charge in [0, 0.05) is 49.2 Å². The van der Waals surface area contributed by atoms with Crippen LogP contribution in [0.1, 0.15) is 6.04 Å². The third-order valence-corrected chi connectivity index (χ3v) is 4.72. The van der Waals surface area contributed by atoms with Gasteiger partial charge in [0.25, 0.3) is 11.1 Å². The van der Waals surface area contributed by atoms with E-state index < -0.39 is 0 Å². The Hall–Kier alpha value is -2.93. The molecule has 3 heterocycles. The van der Waals surface area contributed by atoms with Crippen LogP contribution in [0.3, 0.4) is 0 Å². The largest absolute Gasteiger partial charge is 0.348 e. The van der Waals surface area contributed by atoms with Crippen LogP contribution in [0.15, 0.2) is 58.4 Å². The lowest BCUT2D eigenvalue weighted by atomic mass is 10.1. The zero-order chi connectivity index (χ0) is 18.3. The lowest BCUT2D eigenvalue weighted by molar-refractivity contribution is 0.351. The Morgan fingerprint density at radius 1 is 1.08 bits per heavy atom. The summed E-state index contributed by atoms with van der Waals surface area (Å²) in [6, 6.07) is 10.4. The second-order valence-corrected chi connectivity index (χ2v) is 6.67. The summed E-state index contributed by atoms with van der Waals surface area (Å²) in [5.41, 5.74) is 1.27. The molecular formula is C18H16ClN5O2. The Balaban J connectivity index is 1.59. The van der Waals surface area contributed by atoms with Crippen molar-refractivity contribution in [3.05, 3.63) is 74.5 Å². The van der Waals surface area contributed by atoms with Crippen molar-refractivity contribution >= 4 is 17.4 Å². The van der Waals surface area contributed by atoms with Crippen LogP contribution in [-0.4, -0.2) is 32.4 Å². The van der Waals surface area contributed by atoms with E-state index in [2.05, 4.69) is 10.1 Å². The summed E-state index contributed by atoms with van der Waals surface area (Å²) < 4.78 is 2.97. The molecule has 1 aliphatic heterocycles. The van der Waals surface area contributed by atoms with Crippen molar-refractivity contribution in [3.8, 4) is 11.3 Å². The first-order valence-corrected chi connectivity index (χ1v) is 8.53. The van der Waals surface area contributed by atoms with Crippen LogP contribution in [0, 0.1) is 0 Å². The van der Waals surface area contributed by atoms with Crippen molar-refractivity contribution in [2.24, 2.45) is 7.05 Å². The number of hydrogen-bond donors (Lipinski definition) is 0. The fraction of sp³-hybridized carbons (Fsp3) is 0.222. The van der Waals surface area contributed by atoms with E-state index in [9.17, 15) is 9.59 Å². The van der Waals surface area contributed by atoms with Gasteiger partial charge in [-0.25, -0.2) is 9.67 Å². The van der Waals surface area contributed by atoms with E-state index in [-0.39, 0.29) is 17.2 Å². The summed E-state index contributed by atoms with van der Waals surface area (Å²) >= 11 is 5.92. The molecule has 1 aromatic carbocycles. The summed E-state index contributed by atoms with van der Waals surface area (Å²) in [4.78, 5) is 30.4.